The van der Waals surface area contributed by atoms with E-state index in [0.29, 0.717) is 23.9 Å². The number of rotatable bonds is 1. The smallest absolute Gasteiger partial charge is 0.407 e. The lowest BCUT2D eigenvalue weighted by atomic mass is 10.1. The molecule has 0 saturated carbocycles. The van der Waals surface area contributed by atoms with Gasteiger partial charge in [-0.1, -0.05) is 0 Å². The third kappa shape index (κ3) is 3.46. The van der Waals surface area contributed by atoms with E-state index >= 15 is 0 Å². The van der Waals surface area contributed by atoms with Crippen molar-refractivity contribution in [3.63, 3.8) is 0 Å². The van der Waals surface area contributed by atoms with Gasteiger partial charge in [0.25, 0.3) is 0 Å². The molecule has 7 nitrogen and oxygen atoms in total. The molecule has 0 bridgehead atoms. The number of carboxylic acid groups (broad SMARTS) is 1. The standard InChI is InChI=1S/C12H18N4O3/c1-12(2,3)15-9-6-13-8-7-16(11(17)18)4-5-19-10(8)14-9/h6H,4-5,7H2,1-3H3,(H,14,15)(H,17,18). The molecule has 0 saturated heterocycles. The SMILES string of the molecule is CC(C)(C)Nc1cnc2c(n1)OCCN(C(=O)O)C2. The molecule has 7 heteroatoms. The van der Waals surface area contributed by atoms with Crippen LogP contribution in [0.1, 0.15) is 26.5 Å². The second-order valence-corrected chi connectivity index (χ2v) is 5.43. The Morgan fingerprint density at radius 1 is 1.53 bits per heavy atom. The normalized spacial score (nSPS) is 15.2. The van der Waals surface area contributed by atoms with Gasteiger partial charge in [0.15, 0.2) is 0 Å². The lowest BCUT2D eigenvalue weighted by Gasteiger charge is -2.21. The molecule has 2 heterocycles. The van der Waals surface area contributed by atoms with Crippen LogP contribution in [0.4, 0.5) is 10.6 Å². The Morgan fingerprint density at radius 3 is 2.89 bits per heavy atom. The van der Waals surface area contributed by atoms with Crippen molar-refractivity contribution in [3.8, 4) is 5.88 Å². The Morgan fingerprint density at radius 2 is 2.26 bits per heavy atom. The van der Waals surface area contributed by atoms with Crippen LogP contribution in [0.5, 0.6) is 5.88 Å². The fraction of sp³-hybridized carbons (Fsp3) is 0.583. The Bertz CT molecular complexity index is 484. The monoisotopic (exact) mass is 266 g/mol. The molecular weight excluding hydrogens is 248 g/mol. The summed E-state index contributed by atoms with van der Waals surface area (Å²) < 4.78 is 5.47. The first-order chi connectivity index (χ1) is 8.85. The van der Waals surface area contributed by atoms with E-state index in [9.17, 15) is 4.79 Å². The van der Waals surface area contributed by atoms with Crippen LogP contribution in [-0.4, -0.2) is 44.8 Å². The van der Waals surface area contributed by atoms with Crippen molar-refractivity contribution in [2.45, 2.75) is 32.9 Å². The number of hydrogen-bond acceptors (Lipinski definition) is 5. The van der Waals surface area contributed by atoms with Gasteiger partial charge in [0, 0.05) is 5.54 Å². The molecule has 1 aliphatic heterocycles. The molecule has 104 valence electrons. The summed E-state index contributed by atoms with van der Waals surface area (Å²) in [5.41, 5.74) is 0.417. The molecule has 2 rings (SSSR count). The van der Waals surface area contributed by atoms with Crippen LogP contribution < -0.4 is 10.1 Å². The van der Waals surface area contributed by atoms with Crippen LogP contribution >= 0.6 is 0 Å². The minimum atomic E-state index is -0.977. The molecular formula is C12H18N4O3. The molecule has 0 atom stereocenters. The van der Waals surface area contributed by atoms with Crippen LogP contribution in [0.15, 0.2) is 6.20 Å². The van der Waals surface area contributed by atoms with Gasteiger partial charge in [-0.05, 0) is 20.8 Å². The van der Waals surface area contributed by atoms with E-state index in [0.717, 1.165) is 0 Å². The Kier molecular flexibility index (Phi) is 3.46. The molecule has 0 aromatic carbocycles. The lowest BCUT2D eigenvalue weighted by Crippen LogP contribution is -2.31. The summed E-state index contributed by atoms with van der Waals surface area (Å²) in [5, 5.41) is 12.2. The van der Waals surface area contributed by atoms with Gasteiger partial charge in [-0.3, -0.25) is 4.90 Å². The molecule has 1 aromatic heterocycles. The van der Waals surface area contributed by atoms with Crippen molar-refractivity contribution in [2.75, 3.05) is 18.5 Å². The Hall–Kier alpha value is -2.05. The zero-order valence-corrected chi connectivity index (χ0v) is 11.3. The van der Waals surface area contributed by atoms with Gasteiger partial charge in [-0.15, -0.1) is 0 Å². The zero-order valence-electron chi connectivity index (χ0n) is 11.3. The molecule has 0 fully saturated rings. The molecule has 0 radical (unpaired) electrons. The maximum atomic E-state index is 11.0. The molecule has 1 amide bonds. The van der Waals surface area contributed by atoms with Gasteiger partial charge in [0.05, 0.1) is 19.3 Å². The first-order valence-electron chi connectivity index (χ1n) is 6.10. The number of amides is 1. The highest BCUT2D eigenvalue weighted by Gasteiger charge is 2.22. The largest absolute Gasteiger partial charge is 0.474 e. The lowest BCUT2D eigenvalue weighted by molar-refractivity contribution is 0.137. The maximum Gasteiger partial charge on any atom is 0.407 e. The van der Waals surface area contributed by atoms with Crippen molar-refractivity contribution in [1.82, 2.24) is 14.9 Å². The number of aromatic nitrogens is 2. The van der Waals surface area contributed by atoms with E-state index in [1.54, 1.807) is 6.20 Å². The fourth-order valence-electron chi connectivity index (χ4n) is 1.74. The Labute approximate surface area is 111 Å². The molecule has 0 aliphatic carbocycles. The van der Waals surface area contributed by atoms with Gasteiger partial charge >= 0.3 is 6.09 Å². The second-order valence-electron chi connectivity index (χ2n) is 5.43. The number of nitrogens with zero attached hydrogens (tertiary/aromatic N) is 3. The van der Waals surface area contributed by atoms with Gasteiger partial charge in [-0.25, -0.2) is 9.78 Å². The number of anilines is 1. The fourth-order valence-corrected chi connectivity index (χ4v) is 1.74. The number of ether oxygens (including phenoxy) is 1. The molecule has 0 unspecified atom stereocenters. The number of nitrogens with one attached hydrogen (secondary N) is 1. The van der Waals surface area contributed by atoms with E-state index in [-0.39, 0.29) is 18.7 Å². The molecule has 1 aromatic rings. The highest BCUT2D eigenvalue weighted by molar-refractivity contribution is 5.65. The van der Waals surface area contributed by atoms with E-state index in [2.05, 4.69) is 15.3 Å². The second kappa shape index (κ2) is 4.91. The molecule has 0 spiro atoms. The van der Waals surface area contributed by atoms with Crippen molar-refractivity contribution >= 4 is 11.9 Å². The van der Waals surface area contributed by atoms with E-state index in [1.165, 1.54) is 4.90 Å². The van der Waals surface area contributed by atoms with Crippen molar-refractivity contribution < 1.29 is 14.6 Å². The van der Waals surface area contributed by atoms with E-state index in [4.69, 9.17) is 9.84 Å². The summed E-state index contributed by atoms with van der Waals surface area (Å²) in [4.78, 5) is 20.8. The molecule has 2 N–H and O–H groups in total. The summed E-state index contributed by atoms with van der Waals surface area (Å²) in [6.45, 7) is 6.87. The van der Waals surface area contributed by atoms with Crippen molar-refractivity contribution in [3.05, 3.63) is 11.9 Å². The van der Waals surface area contributed by atoms with Crippen LogP contribution in [-0.2, 0) is 6.54 Å². The third-order valence-corrected chi connectivity index (χ3v) is 2.53. The van der Waals surface area contributed by atoms with Crippen LogP contribution in [0.3, 0.4) is 0 Å². The van der Waals surface area contributed by atoms with Crippen molar-refractivity contribution in [2.24, 2.45) is 0 Å². The quantitative estimate of drug-likeness (QED) is 0.802. The third-order valence-electron chi connectivity index (χ3n) is 2.53. The van der Waals surface area contributed by atoms with Gasteiger partial charge in [0.1, 0.15) is 18.1 Å². The minimum absolute atomic E-state index is 0.124. The minimum Gasteiger partial charge on any atom is -0.474 e. The molecule has 19 heavy (non-hydrogen) atoms. The first kappa shape index (κ1) is 13.4. The number of carbonyl (C=O) groups is 1. The summed E-state index contributed by atoms with van der Waals surface area (Å²) >= 11 is 0. The van der Waals surface area contributed by atoms with Gasteiger partial charge in [0.2, 0.25) is 5.88 Å². The summed E-state index contributed by atoms with van der Waals surface area (Å²) in [6, 6.07) is 0. The zero-order chi connectivity index (χ0) is 14.0. The predicted molar refractivity (Wildman–Crippen MR) is 69.3 cm³/mol. The highest BCUT2D eigenvalue weighted by Crippen LogP contribution is 2.22. The maximum absolute atomic E-state index is 11.0. The summed E-state index contributed by atoms with van der Waals surface area (Å²) in [5.74, 6) is 1.02. The first-order valence-corrected chi connectivity index (χ1v) is 6.10. The average Bonchev–Trinajstić information content (AvgIpc) is 2.48. The van der Waals surface area contributed by atoms with Gasteiger partial charge < -0.3 is 15.2 Å². The van der Waals surface area contributed by atoms with Crippen LogP contribution in [0, 0.1) is 0 Å². The summed E-state index contributed by atoms with van der Waals surface area (Å²) in [7, 11) is 0. The van der Waals surface area contributed by atoms with Gasteiger partial charge in [-0.2, -0.15) is 4.98 Å². The molecule has 1 aliphatic rings. The topological polar surface area (TPSA) is 87.6 Å². The average molecular weight is 266 g/mol. The predicted octanol–water partition coefficient (Wildman–Crippen LogP) is 1.56. The van der Waals surface area contributed by atoms with E-state index in [1.807, 2.05) is 20.8 Å². The Balaban J connectivity index is 2.22. The van der Waals surface area contributed by atoms with Crippen LogP contribution in [0.2, 0.25) is 0 Å². The van der Waals surface area contributed by atoms with Crippen molar-refractivity contribution in [1.29, 1.82) is 0 Å². The highest BCUT2D eigenvalue weighted by atomic mass is 16.5. The van der Waals surface area contributed by atoms with Crippen LogP contribution in [0.25, 0.3) is 0 Å². The van der Waals surface area contributed by atoms with E-state index < -0.39 is 6.09 Å². The number of hydrogen-bond donors (Lipinski definition) is 2. The number of fused-ring (bicyclic) bond motifs is 1. The summed E-state index contributed by atoms with van der Waals surface area (Å²) in [6.07, 6.45) is 0.619.